The Labute approximate surface area is 167 Å². The maximum atomic E-state index is 13.5. The minimum Gasteiger partial charge on any atom is -0.503 e. The standard InChI is InChI=1S/C24H19F2NO2/c1-15-2-6-17(7-3-15)21-22(18-8-12-20(26)13-9-18)27(24(29)23(21)28)14-16-4-10-19(25)11-5-16/h2-13,22,28H,14H2,1H3/t22-/m1/s1. The average molecular weight is 391 g/mol. The van der Waals surface area contributed by atoms with Crippen molar-refractivity contribution in [2.24, 2.45) is 0 Å². The van der Waals surface area contributed by atoms with E-state index in [1.807, 2.05) is 31.2 Å². The van der Waals surface area contributed by atoms with Crippen molar-refractivity contribution in [3.05, 3.63) is 112 Å². The lowest BCUT2D eigenvalue weighted by Gasteiger charge is -2.27. The lowest BCUT2D eigenvalue weighted by Crippen LogP contribution is -2.29. The number of nitrogens with zero attached hydrogens (tertiary/aromatic N) is 1. The first-order valence-corrected chi connectivity index (χ1v) is 9.25. The summed E-state index contributed by atoms with van der Waals surface area (Å²) < 4.78 is 26.8. The lowest BCUT2D eigenvalue weighted by molar-refractivity contribution is -0.130. The van der Waals surface area contributed by atoms with E-state index in [2.05, 4.69) is 0 Å². The minimum atomic E-state index is -0.587. The van der Waals surface area contributed by atoms with Crippen LogP contribution in [-0.2, 0) is 11.3 Å². The summed E-state index contributed by atoms with van der Waals surface area (Å²) in [7, 11) is 0. The highest BCUT2D eigenvalue weighted by atomic mass is 19.1. The second-order valence-corrected chi connectivity index (χ2v) is 7.14. The van der Waals surface area contributed by atoms with E-state index in [9.17, 15) is 18.7 Å². The fourth-order valence-corrected chi connectivity index (χ4v) is 3.62. The summed E-state index contributed by atoms with van der Waals surface area (Å²) in [6.45, 7) is 2.14. The van der Waals surface area contributed by atoms with Gasteiger partial charge in [-0.15, -0.1) is 0 Å². The van der Waals surface area contributed by atoms with E-state index >= 15 is 0 Å². The van der Waals surface area contributed by atoms with Gasteiger partial charge in [-0.1, -0.05) is 54.1 Å². The Morgan fingerprint density at radius 2 is 1.41 bits per heavy atom. The van der Waals surface area contributed by atoms with Crippen molar-refractivity contribution in [2.75, 3.05) is 0 Å². The van der Waals surface area contributed by atoms with E-state index in [0.717, 1.165) is 16.7 Å². The molecule has 1 aliphatic heterocycles. The molecule has 0 aromatic heterocycles. The van der Waals surface area contributed by atoms with Crippen LogP contribution in [0.15, 0.2) is 78.6 Å². The molecule has 3 nitrogen and oxygen atoms in total. The van der Waals surface area contributed by atoms with Crippen molar-refractivity contribution < 1.29 is 18.7 Å². The van der Waals surface area contributed by atoms with E-state index in [1.54, 1.807) is 24.3 Å². The average Bonchev–Trinajstić information content (AvgIpc) is 2.96. The van der Waals surface area contributed by atoms with Crippen LogP contribution in [0, 0.1) is 18.6 Å². The molecule has 29 heavy (non-hydrogen) atoms. The number of benzene rings is 3. The molecule has 0 saturated carbocycles. The molecule has 0 saturated heterocycles. The van der Waals surface area contributed by atoms with Crippen molar-refractivity contribution in [1.29, 1.82) is 0 Å². The highest BCUT2D eigenvalue weighted by molar-refractivity contribution is 6.05. The molecular weight excluding hydrogens is 372 g/mol. The fourth-order valence-electron chi connectivity index (χ4n) is 3.62. The van der Waals surface area contributed by atoms with Gasteiger partial charge in [0.05, 0.1) is 6.04 Å². The van der Waals surface area contributed by atoms with Crippen molar-refractivity contribution in [3.63, 3.8) is 0 Å². The van der Waals surface area contributed by atoms with Crippen molar-refractivity contribution in [1.82, 2.24) is 4.90 Å². The number of hydrogen-bond acceptors (Lipinski definition) is 2. The van der Waals surface area contributed by atoms with Gasteiger partial charge in [-0.2, -0.15) is 0 Å². The summed E-state index contributed by atoms with van der Waals surface area (Å²) in [5.74, 6) is -1.59. The Bertz CT molecular complexity index is 1070. The van der Waals surface area contributed by atoms with Gasteiger partial charge >= 0.3 is 0 Å². The van der Waals surface area contributed by atoms with Gasteiger partial charge in [0.2, 0.25) is 0 Å². The molecule has 3 aromatic rings. The van der Waals surface area contributed by atoms with Crippen LogP contribution in [0.25, 0.3) is 5.57 Å². The summed E-state index contributed by atoms with van der Waals surface area (Å²) in [6, 6.07) is 18.7. The normalized spacial score (nSPS) is 16.6. The molecule has 5 heteroatoms. The number of halogens is 2. The van der Waals surface area contributed by atoms with Gasteiger partial charge in [0.25, 0.3) is 5.91 Å². The van der Waals surface area contributed by atoms with Gasteiger partial charge in [0.15, 0.2) is 5.76 Å². The quantitative estimate of drug-likeness (QED) is 0.653. The number of rotatable bonds is 4. The first kappa shape index (κ1) is 18.9. The minimum absolute atomic E-state index is 0.181. The topological polar surface area (TPSA) is 40.5 Å². The Kier molecular flexibility index (Phi) is 4.89. The van der Waals surface area contributed by atoms with Crippen molar-refractivity contribution >= 4 is 11.5 Å². The van der Waals surface area contributed by atoms with E-state index in [0.29, 0.717) is 11.1 Å². The van der Waals surface area contributed by atoms with Crippen LogP contribution in [0.4, 0.5) is 8.78 Å². The number of amides is 1. The molecule has 0 fully saturated rings. The molecule has 3 aromatic carbocycles. The number of aliphatic hydroxyl groups is 1. The van der Waals surface area contributed by atoms with Crippen LogP contribution in [0.2, 0.25) is 0 Å². The molecule has 1 N–H and O–H groups in total. The predicted molar refractivity (Wildman–Crippen MR) is 107 cm³/mol. The number of aliphatic hydroxyl groups excluding tert-OH is 1. The molecule has 1 atom stereocenters. The van der Waals surface area contributed by atoms with E-state index < -0.39 is 11.9 Å². The third kappa shape index (κ3) is 3.63. The summed E-state index contributed by atoms with van der Waals surface area (Å²) in [6.07, 6.45) is 0. The molecule has 0 bridgehead atoms. The summed E-state index contributed by atoms with van der Waals surface area (Å²) in [5, 5.41) is 10.7. The molecule has 0 radical (unpaired) electrons. The molecule has 1 aliphatic rings. The molecule has 146 valence electrons. The zero-order valence-corrected chi connectivity index (χ0v) is 15.8. The molecular formula is C24H19F2NO2. The Morgan fingerprint density at radius 3 is 2.00 bits per heavy atom. The zero-order valence-electron chi connectivity index (χ0n) is 15.8. The number of hydrogen-bond donors (Lipinski definition) is 1. The van der Waals surface area contributed by atoms with Gasteiger partial charge in [0, 0.05) is 12.1 Å². The summed E-state index contributed by atoms with van der Waals surface area (Å²) >= 11 is 0. The first-order chi connectivity index (χ1) is 13.9. The van der Waals surface area contributed by atoms with E-state index in [-0.39, 0.29) is 23.9 Å². The summed E-state index contributed by atoms with van der Waals surface area (Å²) in [4.78, 5) is 14.5. The van der Waals surface area contributed by atoms with Crippen LogP contribution in [0.3, 0.4) is 0 Å². The van der Waals surface area contributed by atoms with Gasteiger partial charge in [0.1, 0.15) is 11.6 Å². The maximum absolute atomic E-state index is 13.5. The highest BCUT2D eigenvalue weighted by Crippen LogP contribution is 2.43. The number of carbonyl (C=O) groups is 1. The van der Waals surface area contributed by atoms with Crippen molar-refractivity contribution in [2.45, 2.75) is 19.5 Å². The zero-order chi connectivity index (χ0) is 20.5. The van der Waals surface area contributed by atoms with Crippen LogP contribution >= 0.6 is 0 Å². The largest absolute Gasteiger partial charge is 0.503 e. The molecule has 0 aliphatic carbocycles. The molecule has 1 amide bonds. The van der Waals surface area contributed by atoms with Crippen LogP contribution in [0.1, 0.15) is 28.3 Å². The van der Waals surface area contributed by atoms with Gasteiger partial charge < -0.3 is 10.0 Å². The van der Waals surface area contributed by atoms with Gasteiger partial charge in [-0.3, -0.25) is 4.79 Å². The fraction of sp³-hybridized carbons (Fsp3) is 0.125. The van der Waals surface area contributed by atoms with E-state index in [4.69, 9.17) is 0 Å². The van der Waals surface area contributed by atoms with Crippen molar-refractivity contribution in [3.8, 4) is 0 Å². The van der Waals surface area contributed by atoms with Gasteiger partial charge in [-0.05, 0) is 47.9 Å². The Morgan fingerprint density at radius 1 is 0.862 bits per heavy atom. The summed E-state index contributed by atoms with van der Waals surface area (Å²) in [5.41, 5.74) is 3.66. The number of aryl methyl sites for hydroxylation is 1. The maximum Gasteiger partial charge on any atom is 0.290 e. The lowest BCUT2D eigenvalue weighted by atomic mass is 9.93. The SMILES string of the molecule is Cc1ccc(C2=C(O)C(=O)N(Cc3ccc(F)cc3)[C@@H]2c2ccc(F)cc2)cc1. The molecule has 0 unspecified atom stereocenters. The predicted octanol–water partition coefficient (Wildman–Crippen LogP) is 5.33. The van der Waals surface area contributed by atoms with E-state index in [1.165, 1.54) is 29.2 Å². The third-order valence-corrected chi connectivity index (χ3v) is 5.12. The number of carbonyl (C=O) groups excluding carboxylic acids is 1. The third-order valence-electron chi connectivity index (χ3n) is 5.12. The second-order valence-electron chi connectivity index (χ2n) is 7.14. The first-order valence-electron chi connectivity index (χ1n) is 9.25. The van der Waals surface area contributed by atoms with Crippen LogP contribution < -0.4 is 0 Å². The highest BCUT2D eigenvalue weighted by Gasteiger charge is 2.40. The smallest absolute Gasteiger partial charge is 0.290 e. The van der Waals surface area contributed by atoms with Gasteiger partial charge in [-0.25, -0.2) is 8.78 Å². The Balaban J connectivity index is 1.80. The monoisotopic (exact) mass is 391 g/mol. The second kappa shape index (κ2) is 7.51. The Hall–Kier alpha value is -3.47. The molecule has 0 spiro atoms. The van der Waals surface area contributed by atoms with Crippen LogP contribution in [0.5, 0.6) is 0 Å². The molecule has 1 heterocycles. The molecule has 4 rings (SSSR count). The van der Waals surface area contributed by atoms with Crippen LogP contribution in [-0.4, -0.2) is 15.9 Å².